The average molecular weight is 468 g/mol. The number of ether oxygens (including phenoxy) is 3. The van der Waals surface area contributed by atoms with Gasteiger partial charge in [-0.3, -0.25) is 14.5 Å². The van der Waals surface area contributed by atoms with E-state index in [2.05, 4.69) is 4.99 Å². The summed E-state index contributed by atoms with van der Waals surface area (Å²) in [5.74, 6) is 1.08. The molecule has 0 aliphatic carbocycles. The number of methoxy groups -OCH3 is 2. The zero-order valence-corrected chi connectivity index (χ0v) is 19.6. The maximum atomic E-state index is 12.8. The van der Waals surface area contributed by atoms with Crippen molar-refractivity contribution in [2.75, 3.05) is 47.6 Å². The van der Waals surface area contributed by atoms with E-state index in [4.69, 9.17) is 14.2 Å². The fraction of sp³-hybridized carbons (Fsp3) is 0.292. The molecular formula is C24H25N3O5S. The molecule has 0 atom stereocenters. The van der Waals surface area contributed by atoms with Crippen LogP contribution in [0.3, 0.4) is 0 Å². The van der Waals surface area contributed by atoms with Crippen LogP contribution in [0.4, 0.5) is 5.69 Å². The lowest BCUT2D eigenvalue weighted by Crippen LogP contribution is -2.40. The zero-order valence-electron chi connectivity index (χ0n) is 18.7. The molecule has 33 heavy (non-hydrogen) atoms. The predicted molar refractivity (Wildman–Crippen MR) is 128 cm³/mol. The van der Waals surface area contributed by atoms with Gasteiger partial charge in [0.05, 0.1) is 38.0 Å². The highest BCUT2D eigenvalue weighted by molar-refractivity contribution is 8.18. The molecule has 0 unspecified atom stereocenters. The van der Waals surface area contributed by atoms with Crippen molar-refractivity contribution in [2.45, 2.75) is 0 Å². The second-order valence-corrected chi connectivity index (χ2v) is 8.44. The zero-order chi connectivity index (χ0) is 23.4. The minimum absolute atomic E-state index is 0.0453. The van der Waals surface area contributed by atoms with E-state index in [0.29, 0.717) is 59.1 Å². The standard InChI is InChI=1S/C24H25N3O5S/c1-26-23(29)21(14-16-7-8-19(30-2)15-20(16)31-3)33-24(26)25-18-6-4-5-17(13-18)22(28)27-9-11-32-12-10-27/h4-8,13-15H,9-12H2,1-3H3/b21-14+,25-24?. The van der Waals surface area contributed by atoms with Crippen molar-refractivity contribution in [3.05, 3.63) is 58.5 Å². The van der Waals surface area contributed by atoms with Gasteiger partial charge in [0.15, 0.2) is 5.17 Å². The van der Waals surface area contributed by atoms with Crippen LogP contribution < -0.4 is 9.47 Å². The third-order valence-corrected chi connectivity index (χ3v) is 6.41. The van der Waals surface area contributed by atoms with Crippen LogP contribution >= 0.6 is 11.8 Å². The van der Waals surface area contributed by atoms with Gasteiger partial charge >= 0.3 is 0 Å². The van der Waals surface area contributed by atoms with Crippen LogP contribution in [0.25, 0.3) is 6.08 Å². The number of thioether (sulfide) groups is 1. The molecule has 8 nitrogen and oxygen atoms in total. The molecule has 9 heteroatoms. The number of carbonyl (C=O) groups is 2. The van der Waals surface area contributed by atoms with Crippen molar-refractivity contribution < 1.29 is 23.8 Å². The third kappa shape index (κ3) is 5.04. The number of aliphatic imine (C=N–C) groups is 1. The second kappa shape index (κ2) is 10.1. The summed E-state index contributed by atoms with van der Waals surface area (Å²) < 4.78 is 16.0. The number of amidine groups is 1. The Labute approximate surface area is 196 Å². The number of rotatable bonds is 5. The molecule has 0 radical (unpaired) electrons. The van der Waals surface area contributed by atoms with Gasteiger partial charge in [-0.1, -0.05) is 6.07 Å². The fourth-order valence-corrected chi connectivity index (χ4v) is 4.48. The van der Waals surface area contributed by atoms with Gasteiger partial charge in [0, 0.05) is 37.3 Å². The maximum absolute atomic E-state index is 12.8. The van der Waals surface area contributed by atoms with Gasteiger partial charge in [-0.2, -0.15) is 0 Å². The topological polar surface area (TPSA) is 80.7 Å². The van der Waals surface area contributed by atoms with Crippen molar-refractivity contribution >= 4 is 40.5 Å². The number of hydrogen-bond acceptors (Lipinski definition) is 7. The number of amides is 2. The Bertz CT molecular complexity index is 1120. The largest absolute Gasteiger partial charge is 0.497 e. The molecule has 2 aliphatic rings. The van der Waals surface area contributed by atoms with Gasteiger partial charge in [-0.15, -0.1) is 0 Å². The summed E-state index contributed by atoms with van der Waals surface area (Å²) >= 11 is 1.28. The first kappa shape index (κ1) is 22.9. The van der Waals surface area contributed by atoms with Crippen LogP contribution in [0.15, 0.2) is 52.4 Å². The Balaban J connectivity index is 1.57. The third-order valence-electron chi connectivity index (χ3n) is 5.35. The highest BCUT2D eigenvalue weighted by atomic mass is 32.2. The number of carbonyl (C=O) groups excluding carboxylic acids is 2. The molecule has 2 aromatic carbocycles. The summed E-state index contributed by atoms with van der Waals surface area (Å²) in [6, 6.07) is 12.6. The summed E-state index contributed by atoms with van der Waals surface area (Å²) in [5.41, 5.74) is 1.94. The lowest BCUT2D eigenvalue weighted by molar-refractivity contribution is -0.121. The molecule has 2 amide bonds. The first-order valence-corrected chi connectivity index (χ1v) is 11.3. The van der Waals surface area contributed by atoms with E-state index in [-0.39, 0.29) is 11.8 Å². The molecular weight excluding hydrogens is 442 g/mol. The van der Waals surface area contributed by atoms with E-state index >= 15 is 0 Å². The molecule has 2 saturated heterocycles. The van der Waals surface area contributed by atoms with E-state index in [1.165, 1.54) is 16.7 Å². The van der Waals surface area contributed by atoms with Gasteiger partial charge in [0.25, 0.3) is 11.8 Å². The van der Waals surface area contributed by atoms with Gasteiger partial charge in [-0.05, 0) is 48.2 Å². The number of hydrogen-bond donors (Lipinski definition) is 0. The van der Waals surface area contributed by atoms with Crippen molar-refractivity contribution in [1.29, 1.82) is 0 Å². The van der Waals surface area contributed by atoms with Gasteiger partial charge in [0.1, 0.15) is 11.5 Å². The fourth-order valence-electron chi connectivity index (χ4n) is 3.50. The quantitative estimate of drug-likeness (QED) is 0.627. The van der Waals surface area contributed by atoms with Crippen molar-refractivity contribution in [3.8, 4) is 11.5 Å². The summed E-state index contributed by atoms with van der Waals surface area (Å²) in [5, 5.41) is 0.537. The summed E-state index contributed by atoms with van der Waals surface area (Å²) in [6.45, 7) is 2.25. The lowest BCUT2D eigenvalue weighted by atomic mass is 10.1. The van der Waals surface area contributed by atoms with Crippen molar-refractivity contribution in [2.24, 2.45) is 4.99 Å². The molecule has 0 aromatic heterocycles. The molecule has 2 heterocycles. The summed E-state index contributed by atoms with van der Waals surface area (Å²) in [4.78, 5) is 34.1. The molecule has 4 rings (SSSR count). The minimum Gasteiger partial charge on any atom is -0.497 e. The summed E-state index contributed by atoms with van der Waals surface area (Å²) in [6.07, 6.45) is 1.78. The Kier molecular flexibility index (Phi) is 7.00. The van der Waals surface area contributed by atoms with Crippen LogP contribution in [-0.2, 0) is 9.53 Å². The summed E-state index contributed by atoms with van der Waals surface area (Å²) in [7, 11) is 4.85. The molecule has 0 N–H and O–H groups in total. The lowest BCUT2D eigenvalue weighted by Gasteiger charge is -2.26. The minimum atomic E-state index is -0.155. The van der Waals surface area contributed by atoms with Crippen LogP contribution in [-0.4, -0.2) is 74.4 Å². The van der Waals surface area contributed by atoms with Crippen LogP contribution in [0, 0.1) is 0 Å². The Morgan fingerprint density at radius 3 is 2.64 bits per heavy atom. The van der Waals surface area contributed by atoms with Crippen LogP contribution in [0.2, 0.25) is 0 Å². The van der Waals surface area contributed by atoms with Crippen molar-refractivity contribution in [3.63, 3.8) is 0 Å². The van der Waals surface area contributed by atoms with E-state index in [1.54, 1.807) is 56.5 Å². The monoisotopic (exact) mass is 467 g/mol. The number of nitrogens with zero attached hydrogens (tertiary/aromatic N) is 3. The predicted octanol–water partition coefficient (Wildman–Crippen LogP) is 3.41. The molecule has 172 valence electrons. The maximum Gasteiger partial charge on any atom is 0.266 e. The average Bonchev–Trinajstić information content (AvgIpc) is 3.12. The van der Waals surface area contributed by atoms with Gasteiger partial charge in [-0.25, -0.2) is 4.99 Å². The van der Waals surface area contributed by atoms with Crippen LogP contribution in [0.1, 0.15) is 15.9 Å². The van der Waals surface area contributed by atoms with Crippen molar-refractivity contribution in [1.82, 2.24) is 9.80 Å². The Morgan fingerprint density at radius 2 is 1.91 bits per heavy atom. The molecule has 2 fully saturated rings. The SMILES string of the molecule is COc1ccc(/C=C2/SC(=Nc3cccc(C(=O)N4CCOCC4)c3)N(C)C2=O)c(OC)c1. The molecule has 0 spiro atoms. The molecule has 2 aromatic rings. The smallest absolute Gasteiger partial charge is 0.266 e. The number of benzene rings is 2. The normalized spacial score (nSPS) is 18.8. The Hall–Kier alpha value is -3.30. The first-order chi connectivity index (χ1) is 16.0. The number of likely N-dealkylation sites (N-methyl/N-ethyl adjacent to an activating group) is 1. The van der Waals surface area contributed by atoms with Gasteiger partial charge < -0.3 is 19.1 Å². The molecule has 0 saturated carbocycles. The first-order valence-electron chi connectivity index (χ1n) is 10.5. The van der Waals surface area contributed by atoms with E-state index < -0.39 is 0 Å². The van der Waals surface area contributed by atoms with E-state index in [0.717, 1.165) is 5.56 Å². The van der Waals surface area contributed by atoms with Crippen LogP contribution in [0.5, 0.6) is 11.5 Å². The second-order valence-electron chi connectivity index (χ2n) is 7.43. The van der Waals surface area contributed by atoms with Gasteiger partial charge in [0.2, 0.25) is 0 Å². The molecule has 2 aliphatic heterocycles. The highest BCUT2D eigenvalue weighted by Gasteiger charge is 2.31. The highest BCUT2D eigenvalue weighted by Crippen LogP contribution is 2.35. The van der Waals surface area contributed by atoms with E-state index in [1.807, 2.05) is 18.2 Å². The Morgan fingerprint density at radius 1 is 1.12 bits per heavy atom. The van der Waals surface area contributed by atoms with E-state index in [9.17, 15) is 9.59 Å². The molecule has 0 bridgehead atoms. The number of morpholine rings is 1.